The number of primary amides is 1. The Morgan fingerprint density at radius 2 is 2.03 bits per heavy atom. The second kappa shape index (κ2) is 11.3. The molecular weight excluding hydrogens is 412 g/mol. The van der Waals surface area contributed by atoms with Gasteiger partial charge in [0.2, 0.25) is 5.91 Å². The van der Waals surface area contributed by atoms with E-state index in [1.54, 1.807) is 17.4 Å². The third-order valence-corrected chi connectivity index (χ3v) is 6.79. The fraction of sp³-hybridized carbons (Fsp3) is 0.478. The van der Waals surface area contributed by atoms with Crippen molar-refractivity contribution in [3.8, 4) is 0 Å². The summed E-state index contributed by atoms with van der Waals surface area (Å²) >= 11 is 1.64. The van der Waals surface area contributed by atoms with E-state index in [1.807, 2.05) is 28.5 Å². The number of hydroxylamine groups is 1. The highest BCUT2D eigenvalue weighted by Crippen LogP contribution is 2.23. The van der Waals surface area contributed by atoms with Crippen LogP contribution in [-0.2, 0) is 17.8 Å². The smallest absolute Gasteiger partial charge is 0.341 e. The largest absolute Gasteiger partial charge is 0.366 e. The zero-order valence-electron chi connectivity index (χ0n) is 18.3. The molecule has 0 aliphatic carbocycles. The molecule has 1 aliphatic rings. The van der Waals surface area contributed by atoms with E-state index in [0.717, 1.165) is 49.9 Å². The summed E-state index contributed by atoms with van der Waals surface area (Å²) in [4.78, 5) is 33.5. The number of carbonyl (C=O) groups is 2. The van der Waals surface area contributed by atoms with Gasteiger partial charge in [-0.2, -0.15) is 11.3 Å². The Morgan fingerprint density at radius 3 is 2.68 bits per heavy atom. The first kappa shape index (κ1) is 23.2. The fourth-order valence-corrected chi connectivity index (χ4v) is 4.92. The molecule has 0 saturated carbocycles. The Morgan fingerprint density at radius 1 is 1.29 bits per heavy atom. The summed E-state index contributed by atoms with van der Waals surface area (Å²) in [6.07, 6.45) is 3.62. The topological polar surface area (TPSA) is 87.9 Å². The van der Waals surface area contributed by atoms with Crippen molar-refractivity contribution in [2.24, 2.45) is 5.73 Å². The minimum absolute atomic E-state index is 0.175. The van der Waals surface area contributed by atoms with Crippen LogP contribution < -0.4 is 11.2 Å². The second-order valence-electron chi connectivity index (χ2n) is 8.05. The molecule has 0 bridgehead atoms. The molecule has 1 saturated heterocycles. The third kappa shape index (κ3) is 6.29. The lowest BCUT2D eigenvalue weighted by Crippen LogP contribution is -2.51. The number of nitrogens with one attached hydrogen (secondary N) is 1. The molecule has 2 heterocycles. The molecule has 1 aromatic carbocycles. The van der Waals surface area contributed by atoms with Crippen LogP contribution in [-0.4, -0.2) is 54.0 Å². The van der Waals surface area contributed by atoms with Gasteiger partial charge < -0.3 is 15.5 Å². The van der Waals surface area contributed by atoms with Crippen LogP contribution in [0.15, 0.2) is 41.1 Å². The van der Waals surface area contributed by atoms with Gasteiger partial charge in [-0.3, -0.25) is 9.63 Å². The number of urea groups is 1. The van der Waals surface area contributed by atoms with Crippen molar-refractivity contribution in [1.29, 1.82) is 0 Å². The van der Waals surface area contributed by atoms with Crippen LogP contribution in [0.3, 0.4) is 0 Å². The molecule has 1 aliphatic heterocycles. The van der Waals surface area contributed by atoms with Gasteiger partial charge in [-0.25, -0.2) is 10.3 Å². The molecular formula is C23H32N4O3S. The van der Waals surface area contributed by atoms with Crippen molar-refractivity contribution in [2.45, 2.75) is 51.2 Å². The van der Waals surface area contributed by atoms with Gasteiger partial charge in [-0.1, -0.05) is 18.2 Å². The van der Waals surface area contributed by atoms with Gasteiger partial charge in [0.1, 0.15) is 0 Å². The van der Waals surface area contributed by atoms with E-state index < -0.39 is 0 Å². The summed E-state index contributed by atoms with van der Waals surface area (Å²) in [6, 6.07) is 10.00. The summed E-state index contributed by atoms with van der Waals surface area (Å²) in [5.74, 6) is -0.371. The number of likely N-dealkylation sites (tertiary alicyclic amines) is 1. The van der Waals surface area contributed by atoms with E-state index in [0.29, 0.717) is 18.2 Å². The van der Waals surface area contributed by atoms with E-state index in [4.69, 9.17) is 10.6 Å². The first-order valence-corrected chi connectivity index (χ1v) is 11.7. The molecule has 0 unspecified atom stereocenters. The van der Waals surface area contributed by atoms with Crippen LogP contribution in [0.1, 0.15) is 47.7 Å². The number of carbonyl (C=O) groups excluding carboxylic acids is 2. The fourth-order valence-electron chi connectivity index (χ4n) is 4.26. The van der Waals surface area contributed by atoms with Crippen molar-refractivity contribution in [2.75, 3.05) is 20.2 Å². The van der Waals surface area contributed by atoms with E-state index in [9.17, 15) is 9.59 Å². The second-order valence-corrected chi connectivity index (χ2v) is 8.83. The lowest BCUT2D eigenvalue weighted by Gasteiger charge is -2.40. The monoisotopic (exact) mass is 444 g/mol. The van der Waals surface area contributed by atoms with Crippen LogP contribution in [0.25, 0.3) is 0 Å². The lowest BCUT2D eigenvalue weighted by atomic mass is 9.97. The highest BCUT2D eigenvalue weighted by Gasteiger charge is 2.30. The Balaban J connectivity index is 1.54. The highest BCUT2D eigenvalue weighted by molar-refractivity contribution is 7.07. The highest BCUT2D eigenvalue weighted by atomic mass is 32.1. The van der Waals surface area contributed by atoms with Crippen molar-refractivity contribution >= 4 is 23.3 Å². The minimum Gasteiger partial charge on any atom is -0.366 e. The summed E-state index contributed by atoms with van der Waals surface area (Å²) in [5, 5.41) is 4.11. The number of hydrogen-bond donors (Lipinski definition) is 2. The van der Waals surface area contributed by atoms with E-state index in [1.165, 1.54) is 7.11 Å². The molecule has 7 nitrogen and oxygen atoms in total. The molecule has 3 rings (SSSR count). The van der Waals surface area contributed by atoms with Crippen LogP contribution in [0.4, 0.5) is 4.79 Å². The average molecular weight is 445 g/mol. The van der Waals surface area contributed by atoms with Gasteiger partial charge in [-0.05, 0) is 66.6 Å². The van der Waals surface area contributed by atoms with Gasteiger partial charge >= 0.3 is 6.03 Å². The number of rotatable bonds is 9. The van der Waals surface area contributed by atoms with Gasteiger partial charge in [0, 0.05) is 37.3 Å². The van der Waals surface area contributed by atoms with Gasteiger partial charge in [-0.15, -0.1) is 0 Å². The number of hydrogen-bond acceptors (Lipinski definition) is 5. The van der Waals surface area contributed by atoms with Crippen LogP contribution >= 0.6 is 11.3 Å². The predicted octanol–water partition coefficient (Wildman–Crippen LogP) is 3.41. The van der Waals surface area contributed by atoms with Gasteiger partial charge in [0.25, 0.3) is 0 Å². The normalized spacial score (nSPS) is 16.1. The SMILES string of the molecule is CONC(=O)N(Cc1ccsc1)C1CCN([C@H](C)CCc2ccccc2C(N)=O)CC1. The minimum atomic E-state index is -0.371. The summed E-state index contributed by atoms with van der Waals surface area (Å²) in [7, 11) is 1.46. The Kier molecular flexibility index (Phi) is 8.45. The number of piperidine rings is 1. The van der Waals surface area contributed by atoms with Gasteiger partial charge in [0.15, 0.2) is 0 Å². The standard InChI is InChI=1S/C23H32N4O3S/c1-17(7-8-19-5-3-4-6-21(19)22(24)28)26-12-9-20(10-13-26)27(23(29)25-30-2)15-18-11-14-31-16-18/h3-6,11,14,16-17,20H,7-10,12-13,15H2,1-2H3,(H2,24,28)(H,25,29)/t17-/m1/s1. The first-order valence-electron chi connectivity index (χ1n) is 10.7. The Hall–Kier alpha value is -2.42. The van der Waals surface area contributed by atoms with Crippen molar-refractivity contribution in [3.05, 3.63) is 57.8 Å². The molecule has 31 heavy (non-hydrogen) atoms. The molecule has 1 fully saturated rings. The summed E-state index contributed by atoms with van der Waals surface area (Å²) in [6.45, 7) is 4.68. The first-order chi connectivity index (χ1) is 15.0. The van der Waals surface area contributed by atoms with Crippen LogP contribution in [0.5, 0.6) is 0 Å². The van der Waals surface area contributed by atoms with Crippen molar-refractivity contribution in [1.82, 2.24) is 15.3 Å². The average Bonchev–Trinajstić information content (AvgIpc) is 3.29. The number of amides is 3. The van der Waals surface area contributed by atoms with Crippen LogP contribution in [0, 0.1) is 0 Å². The van der Waals surface area contributed by atoms with E-state index in [2.05, 4.69) is 28.8 Å². The molecule has 1 aromatic heterocycles. The molecule has 8 heteroatoms. The molecule has 3 amide bonds. The molecule has 168 valence electrons. The van der Waals surface area contributed by atoms with E-state index >= 15 is 0 Å². The van der Waals surface area contributed by atoms with Crippen LogP contribution in [0.2, 0.25) is 0 Å². The van der Waals surface area contributed by atoms with Crippen molar-refractivity contribution < 1.29 is 14.4 Å². The summed E-state index contributed by atoms with van der Waals surface area (Å²) < 4.78 is 0. The molecule has 2 aromatic rings. The molecule has 0 spiro atoms. The number of nitrogens with two attached hydrogens (primary N) is 1. The van der Waals surface area contributed by atoms with Crippen molar-refractivity contribution in [3.63, 3.8) is 0 Å². The predicted molar refractivity (Wildman–Crippen MR) is 123 cm³/mol. The number of thiophene rings is 1. The zero-order chi connectivity index (χ0) is 22.2. The van der Waals surface area contributed by atoms with Gasteiger partial charge in [0.05, 0.1) is 7.11 Å². The number of aryl methyl sites for hydroxylation is 1. The number of benzene rings is 1. The maximum atomic E-state index is 12.6. The Bertz CT molecular complexity index is 850. The molecule has 3 N–H and O–H groups in total. The lowest BCUT2D eigenvalue weighted by molar-refractivity contribution is 0.0565. The zero-order valence-corrected chi connectivity index (χ0v) is 19.1. The third-order valence-electron chi connectivity index (χ3n) is 6.06. The van der Waals surface area contributed by atoms with E-state index in [-0.39, 0.29) is 18.0 Å². The Labute approximate surface area is 188 Å². The number of nitrogens with zero attached hydrogens (tertiary/aromatic N) is 2. The molecule has 0 radical (unpaired) electrons. The maximum absolute atomic E-state index is 12.6. The quantitative estimate of drug-likeness (QED) is 0.580. The maximum Gasteiger partial charge on any atom is 0.341 e. The summed E-state index contributed by atoms with van der Waals surface area (Å²) in [5.41, 5.74) is 10.7. The molecule has 1 atom stereocenters.